The van der Waals surface area contributed by atoms with Gasteiger partial charge in [-0.15, -0.1) is 0 Å². The molecule has 0 amide bonds. The summed E-state index contributed by atoms with van der Waals surface area (Å²) in [4.78, 5) is 10.4. The smallest absolute Gasteiger partial charge is 0.273 e. The van der Waals surface area contributed by atoms with Gasteiger partial charge < -0.3 is 10.6 Å². The number of hydrogen-bond donors (Lipinski definition) is 2. The summed E-state index contributed by atoms with van der Waals surface area (Å²) < 4.78 is 0. The lowest BCUT2D eigenvalue weighted by Crippen LogP contribution is -2.05. The van der Waals surface area contributed by atoms with Gasteiger partial charge in [-0.05, 0) is 34.9 Å². The summed E-state index contributed by atoms with van der Waals surface area (Å²) in [7, 11) is 1.74. The van der Waals surface area contributed by atoms with Crippen molar-refractivity contribution in [2.45, 2.75) is 6.42 Å². The van der Waals surface area contributed by atoms with E-state index < -0.39 is 0 Å². The van der Waals surface area contributed by atoms with E-state index in [2.05, 4.69) is 22.1 Å². The van der Waals surface area contributed by atoms with E-state index in [-0.39, 0.29) is 10.6 Å². The maximum Gasteiger partial charge on any atom is 0.273 e. The zero-order chi connectivity index (χ0) is 13.7. The summed E-state index contributed by atoms with van der Waals surface area (Å²) in [6.07, 6.45) is 0.904. The van der Waals surface area contributed by atoms with E-state index >= 15 is 0 Å². The Hall–Kier alpha value is -2.08. The van der Waals surface area contributed by atoms with Gasteiger partial charge >= 0.3 is 0 Å². The Morgan fingerprint density at radius 3 is 2.74 bits per heavy atom. The van der Waals surface area contributed by atoms with Crippen LogP contribution in [0.1, 0.15) is 5.56 Å². The monoisotopic (exact) mass is 277 g/mol. The van der Waals surface area contributed by atoms with E-state index in [1.807, 2.05) is 11.4 Å². The van der Waals surface area contributed by atoms with Crippen LogP contribution in [-0.2, 0) is 6.42 Å². The predicted molar refractivity (Wildman–Crippen MR) is 79.2 cm³/mol. The fourth-order valence-electron chi connectivity index (χ4n) is 1.75. The van der Waals surface area contributed by atoms with Gasteiger partial charge in [-0.2, -0.15) is 11.3 Å². The van der Waals surface area contributed by atoms with Gasteiger partial charge in [0.25, 0.3) is 5.69 Å². The summed E-state index contributed by atoms with van der Waals surface area (Å²) in [6, 6.07) is 7.01. The third-order valence-electron chi connectivity index (χ3n) is 2.74. The first-order valence-corrected chi connectivity index (χ1v) is 6.85. The van der Waals surface area contributed by atoms with Crippen molar-refractivity contribution >= 4 is 28.4 Å². The van der Waals surface area contributed by atoms with Crippen LogP contribution in [0.15, 0.2) is 35.0 Å². The average Bonchev–Trinajstić information content (AvgIpc) is 2.91. The zero-order valence-electron chi connectivity index (χ0n) is 10.6. The highest BCUT2D eigenvalue weighted by atomic mass is 32.1. The average molecular weight is 277 g/mol. The molecule has 0 aliphatic carbocycles. The molecule has 1 heterocycles. The highest BCUT2D eigenvalue weighted by Crippen LogP contribution is 2.24. The molecule has 0 saturated heterocycles. The fraction of sp³-hybridized carbons (Fsp3) is 0.231. The van der Waals surface area contributed by atoms with Crippen LogP contribution in [0.2, 0.25) is 0 Å². The van der Waals surface area contributed by atoms with Crippen LogP contribution >= 0.6 is 11.3 Å². The molecule has 0 aliphatic heterocycles. The van der Waals surface area contributed by atoms with E-state index in [1.54, 1.807) is 24.5 Å². The Morgan fingerprint density at radius 1 is 1.32 bits per heavy atom. The normalized spacial score (nSPS) is 10.2. The number of nitrogens with one attached hydrogen (secondary N) is 2. The Bertz CT molecular complexity index is 555. The Balaban J connectivity index is 2.02. The maximum absolute atomic E-state index is 10.8. The number of nitrogens with zero attached hydrogens (tertiary/aromatic N) is 1. The van der Waals surface area contributed by atoms with Gasteiger partial charge in [0, 0.05) is 37.1 Å². The van der Waals surface area contributed by atoms with Gasteiger partial charge in [0.1, 0.15) is 0 Å². The minimum absolute atomic E-state index is 0.0879. The predicted octanol–water partition coefficient (Wildman–Crippen LogP) is 3.35. The molecule has 0 unspecified atom stereocenters. The first-order chi connectivity index (χ1) is 9.19. The van der Waals surface area contributed by atoms with Gasteiger partial charge in [-0.3, -0.25) is 10.1 Å². The largest absolute Gasteiger partial charge is 0.388 e. The quantitative estimate of drug-likeness (QED) is 0.627. The van der Waals surface area contributed by atoms with Crippen LogP contribution in [-0.4, -0.2) is 18.5 Å². The molecule has 0 aliphatic rings. The van der Waals surface area contributed by atoms with Crippen LogP contribution < -0.4 is 10.6 Å². The highest BCUT2D eigenvalue weighted by Gasteiger charge is 2.08. The molecular weight excluding hydrogens is 262 g/mol. The molecule has 19 heavy (non-hydrogen) atoms. The van der Waals surface area contributed by atoms with Crippen molar-refractivity contribution in [2.24, 2.45) is 0 Å². The number of non-ortho nitro benzene ring substituents is 1. The summed E-state index contributed by atoms with van der Waals surface area (Å²) in [5, 5.41) is 21.1. The second-order valence-corrected chi connectivity index (χ2v) is 4.86. The minimum Gasteiger partial charge on any atom is -0.388 e. The van der Waals surface area contributed by atoms with Crippen molar-refractivity contribution < 1.29 is 4.92 Å². The van der Waals surface area contributed by atoms with Crippen LogP contribution in [0, 0.1) is 10.1 Å². The van der Waals surface area contributed by atoms with Gasteiger partial charge in [0.15, 0.2) is 0 Å². The molecule has 5 nitrogen and oxygen atoms in total. The van der Waals surface area contributed by atoms with Crippen molar-refractivity contribution in [2.75, 3.05) is 24.2 Å². The van der Waals surface area contributed by atoms with Gasteiger partial charge in [0.2, 0.25) is 0 Å². The highest BCUT2D eigenvalue weighted by molar-refractivity contribution is 7.07. The second kappa shape index (κ2) is 6.19. The lowest BCUT2D eigenvalue weighted by Gasteiger charge is -2.08. The van der Waals surface area contributed by atoms with E-state index in [0.29, 0.717) is 0 Å². The summed E-state index contributed by atoms with van der Waals surface area (Å²) in [5.74, 6) is 0. The minimum atomic E-state index is -0.384. The molecule has 0 bridgehead atoms. The van der Waals surface area contributed by atoms with Crippen molar-refractivity contribution in [3.63, 3.8) is 0 Å². The van der Waals surface area contributed by atoms with E-state index in [9.17, 15) is 10.1 Å². The first kappa shape index (κ1) is 13.4. The van der Waals surface area contributed by atoms with Crippen molar-refractivity contribution in [1.82, 2.24) is 0 Å². The lowest BCUT2D eigenvalue weighted by atomic mass is 10.2. The Morgan fingerprint density at radius 2 is 2.11 bits per heavy atom. The summed E-state index contributed by atoms with van der Waals surface area (Å²) in [5.41, 5.74) is 2.85. The van der Waals surface area contributed by atoms with Gasteiger partial charge in [-0.1, -0.05) is 0 Å². The Kier molecular flexibility index (Phi) is 4.35. The third kappa shape index (κ3) is 3.69. The molecule has 0 fully saturated rings. The molecule has 100 valence electrons. The van der Waals surface area contributed by atoms with Crippen LogP contribution in [0.5, 0.6) is 0 Å². The van der Waals surface area contributed by atoms with E-state index in [0.717, 1.165) is 24.3 Å². The molecular formula is C13H15N3O2S. The standard InChI is InChI=1S/C13H15N3O2S/c1-14-11-6-12(8-13(7-11)16(17)18)15-4-2-10-3-5-19-9-10/h3,5-9,14-15H,2,4H2,1H3. The van der Waals surface area contributed by atoms with Crippen LogP contribution in [0.3, 0.4) is 0 Å². The summed E-state index contributed by atoms with van der Waals surface area (Å²) in [6.45, 7) is 0.751. The number of hydrogen-bond acceptors (Lipinski definition) is 5. The number of benzene rings is 1. The molecule has 2 N–H and O–H groups in total. The number of nitro groups is 1. The molecule has 1 aromatic carbocycles. The second-order valence-electron chi connectivity index (χ2n) is 4.08. The van der Waals surface area contributed by atoms with Gasteiger partial charge in [0.05, 0.1) is 4.92 Å². The number of anilines is 2. The fourth-order valence-corrected chi connectivity index (χ4v) is 2.45. The number of nitro benzene ring substituents is 1. The molecule has 2 rings (SSSR count). The molecule has 0 spiro atoms. The van der Waals surface area contributed by atoms with Crippen LogP contribution in [0.25, 0.3) is 0 Å². The molecule has 2 aromatic rings. The zero-order valence-corrected chi connectivity index (χ0v) is 11.4. The first-order valence-electron chi connectivity index (χ1n) is 5.91. The molecule has 0 saturated carbocycles. The van der Waals surface area contributed by atoms with Crippen molar-refractivity contribution in [3.8, 4) is 0 Å². The van der Waals surface area contributed by atoms with Crippen molar-refractivity contribution in [3.05, 3.63) is 50.7 Å². The maximum atomic E-state index is 10.8. The van der Waals surface area contributed by atoms with Gasteiger partial charge in [-0.25, -0.2) is 0 Å². The van der Waals surface area contributed by atoms with E-state index in [1.165, 1.54) is 11.6 Å². The summed E-state index contributed by atoms with van der Waals surface area (Å²) >= 11 is 1.67. The van der Waals surface area contributed by atoms with Crippen LogP contribution in [0.4, 0.5) is 17.1 Å². The van der Waals surface area contributed by atoms with Crippen molar-refractivity contribution in [1.29, 1.82) is 0 Å². The SMILES string of the molecule is CNc1cc(NCCc2ccsc2)cc([N+](=O)[O-])c1. The topological polar surface area (TPSA) is 67.2 Å². The Labute approximate surface area is 115 Å². The number of thiophene rings is 1. The molecule has 0 radical (unpaired) electrons. The molecule has 1 aromatic heterocycles. The molecule has 6 heteroatoms. The number of rotatable bonds is 6. The van der Waals surface area contributed by atoms with E-state index in [4.69, 9.17) is 0 Å². The molecule has 0 atom stereocenters. The third-order valence-corrected chi connectivity index (χ3v) is 3.47. The lowest BCUT2D eigenvalue weighted by molar-refractivity contribution is -0.384.